The Balaban J connectivity index is 3.07. The van der Waals surface area contributed by atoms with E-state index in [0.29, 0.717) is 0 Å². The third-order valence-electron chi connectivity index (χ3n) is 1.70. The highest BCUT2D eigenvalue weighted by atomic mass is 16.6. The van der Waals surface area contributed by atoms with Gasteiger partial charge in [0.2, 0.25) is 0 Å². The summed E-state index contributed by atoms with van der Waals surface area (Å²) in [6.45, 7) is 0. The lowest BCUT2D eigenvalue weighted by molar-refractivity contribution is -0.402. The fourth-order valence-electron chi connectivity index (χ4n) is 0.950. The molecule has 0 amide bonds. The zero-order chi connectivity index (χ0) is 13.0. The second kappa shape index (κ2) is 4.81. The highest BCUT2D eigenvalue weighted by Gasteiger charge is 2.37. The number of furan rings is 1. The summed E-state index contributed by atoms with van der Waals surface area (Å²) in [6, 6.07) is 1.96. The van der Waals surface area contributed by atoms with Gasteiger partial charge >= 0.3 is 23.3 Å². The normalized spacial score (nSPS) is 9.24. The number of nitro groups is 1. The second-order valence-corrected chi connectivity index (χ2v) is 2.68. The maximum Gasteiger partial charge on any atom is 0.498 e. The lowest BCUT2D eigenvalue weighted by Crippen LogP contribution is -2.26. The first-order valence-electron chi connectivity index (χ1n) is 4.13. The number of hydrogen-bond donors (Lipinski definition) is 1. The molecule has 0 saturated heterocycles. The first-order chi connectivity index (χ1) is 8.01. The number of rotatable bonds is 4. The number of nitrogens with one attached hydrogen (secondary N) is 1. The largest absolute Gasteiger partial charge is 0.498 e. The second-order valence-electron chi connectivity index (χ2n) is 2.68. The molecule has 0 saturated carbocycles. The Labute approximate surface area is 93.4 Å². The maximum atomic E-state index is 11.5. The van der Waals surface area contributed by atoms with Gasteiger partial charge in [-0.05, 0) is 6.07 Å². The van der Waals surface area contributed by atoms with E-state index in [9.17, 15) is 19.7 Å². The lowest BCUT2D eigenvalue weighted by atomic mass is 10.2. The van der Waals surface area contributed by atoms with E-state index in [4.69, 9.17) is 5.53 Å². The molecule has 1 aromatic rings. The predicted octanol–water partition coefficient (Wildman–Crippen LogP) is 0.224. The Morgan fingerprint density at radius 3 is 2.59 bits per heavy atom. The van der Waals surface area contributed by atoms with Crippen molar-refractivity contribution in [1.82, 2.24) is 0 Å². The SMILES string of the molecule is COC(=O)C(=[N+]=N)C(=O)c1ccc([N+](=O)[O-])o1. The van der Waals surface area contributed by atoms with Gasteiger partial charge in [0.15, 0.2) is 5.76 Å². The average molecular weight is 240 g/mol. The highest BCUT2D eigenvalue weighted by molar-refractivity contribution is 6.65. The van der Waals surface area contributed by atoms with Crippen LogP contribution in [0.1, 0.15) is 10.6 Å². The number of carbonyl (C=O) groups excluding carboxylic acids is 2. The molecule has 17 heavy (non-hydrogen) atoms. The van der Waals surface area contributed by atoms with Gasteiger partial charge in [0.25, 0.3) is 0 Å². The van der Waals surface area contributed by atoms with E-state index in [-0.39, 0.29) is 0 Å². The molecule has 0 atom stereocenters. The molecule has 1 N–H and O–H groups in total. The first-order valence-corrected chi connectivity index (χ1v) is 4.13. The third kappa shape index (κ3) is 2.41. The molecule has 0 aliphatic carbocycles. The van der Waals surface area contributed by atoms with E-state index in [1.165, 1.54) is 0 Å². The summed E-state index contributed by atoms with van der Waals surface area (Å²) in [4.78, 5) is 34.7. The van der Waals surface area contributed by atoms with Crippen molar-refractivity contribution in [3.05, 3.63) is 28.0 Å². The van der Waals surface area contributed by atoms with E-state index < -0.39 is 34.0 Å². The molecule has 0 aromatic carbocycles. The molecule has 0 fully saturated rings. The summed E-state index contributed by atoms with van der Waals surface area (Å²) in [7, 11) is 1.01. The number of esters is 1. The van der Waals surface area contributed by atoms with Crippen molar-refractivity contribution in [2.75, 3.05) is 7.11 Å². The van der Waals surface area contributed by atoms with Crippen LogP contribution in [-0.2, 0) is 9.53 Å². The smallest absolute Gasteiger partial charge is 0.460 e. The number of nitrogens with zero attached hydrogens (tertiary/aromatic N) is 2. The highest BCUT2D eigenvalue weighted by Crippen LogP contribution is 2.16. The van der Waals surface area contributed by atoms with E-state index in [0.717, 1.165) is 19.2 Å². The van der Waals surface area contributed by atoms with Crippen LogP contribution in [0.2, 0.25) is 0 Å². The molecule has 1 aromatic heterocycles. The molecule has 0 bridgehead atoms. The quantitative estimate of drug-likeness (QED) is 0.117. The van der Waals surface area contributed by atoms with Gasteiger partial charge in [-0.1, -0.05) is 0 Å². The minimum absolute atomic E-state index is 0.465. The van der Waals surface area contributed by atoms with Gasteiger partial charge in [-0.15, -0.1) is 0 Å². The minimum Gasteiger partial charge on any atom is -0.460 e. The van der Waals surface area contributed by atoms with Gasteiger partial charge in [-0.3, -0.25) is 14.9 Å². The van der Waals surface area contributed by atoms with Crippen LogP contribution < -0.4 is 0 Å². The molecular formula is C8H6N3O6+. The van der Waals surface area contributed by atoms with Gasteiger partial charge in [0.1, 0.15) is 4.92 Å². The number of hydrogen-bond acceptors (Lipinski definition) is 7. The van der Waals surface area contributed by atoms with Crippen LogP contribution in [0.5, 0.6) is 0 Å². The maximum absolute atomic E-state index is 11.5. The molecule has 0 radical (unpaired) electrons. The van der Waals surface area contributed by atoms with Gasteiger partial charge in [-0.2, -0.15) is 0 Å². The van der Waals surface area contributed by atoms with Crippen LogP contribution in [0.25, 0.3) is 0 Å². The van der Waals surface area contributed by atoms with Crippen LogP contribution in [0.4, 0.5) is 5.88 Å². The lowest BCUT2D eigenvalue weighted by Gasteiger charge is -1.89. The Morgan fingerprint density at radius 2 is 2.18 bits per heavy atom. The van der Waals surface area contributed by atoms with Crippen LogP contribution in [0, 0.1) is 15.6 Å². The standard InChI is InChI=1S/C8H6N3O6/c1-16-8(13)6(10-9)7(12)4-2-3-5(17-4)11(14)15/h2-3,9H,1H3/q+1. The Morgan fingerprint density at radius 1 is 1.53 bits per heavy atom. The molecule has 0 unspecified atom stereocenters. The predicted molar refractivity (Wildman–Crippen MR) is 49.7 cm³/mol. The summed E-state index contributed by atoms with van der Waals surface area (Å²) in [6.07, 6.45) is 0. The topological polar surface area (TPSA) is 138 Å². The molecule has 9 nitrogen and oxygen atoms in total. The molecular weight excluding hydrogens is 234 g/mol. The van der Waals surface area contributed by atoms with Crippen molar-refractivity contribution in [3.63, 3.8) is 0 Å². The summed E-state index contributed by atoms with van der Waals surface area (Å²) in [5, 5.41) is 10.3. The van der Waals surface area contributed by atoms with Crippen molar-refractivity contribution >= 4 is 23.3 Å². The summed E-state index contributed by atoms with van der Waals surface area (Å²) < 4.78 is 8.78. The Hall–Kier alpha value is -2.80. The first kappa shape index (κ1) is 12.3. The van der Waals surface area contributed by atoms with Crippen LogP contribution >= 0.6 is 0 Å². The van der Waals surface area contributed by atoms with Crippen molar-refractivity contribution in [3.8, 4) is 0 Å². The number of carbonyl (C=O) groups is 2. The number of ketones is 1. The van der Waals surface area contributed by atoms with Crippen LogP contribution in [0.15, 0.2) is 16.5 Å². The molecule has 88 valence electrons. The molecule has 0 aliphatic rings. The summed E-state index contributed by atoms with van der Waals surface area (Å²) in [5.74, 6) is -3.29. The monoisotopic (exact) mass is 240 g/mol. The third-order valence-corrected chi connectivity index (χ3v) is 1.70. The molecule has 1 heterocycles. The van der Waals surface area contributed by atoms with Crippen molar-refractivity contribution in [2.45, 2.75) is 0 Å². The average Bonchev–Trinajstić information content (AvgIpc) is 2.78. The van der Waals surface area contributed by atoms with Crippen LogP contribution in [-0.4, -0.2) is 34.3 Å². The van der Waals surface area contributed by atoms with Gasteiger partial charge in [-0.25, -0.2) is 4.79 Å². The molecule has 0 spiro atoms. The molecule has 0 aliphatic heterocycles. The van der Waals surface area contributed by atoms with Crippen molar-refractivity contribution in [2.24, 2.45) is 0 Å². The van der Waals surface area contributed by atoms with Gasteiger partial charge in [0.05, 0.1) is 23.5 Å². The van der Waals surface area contributed by atoms with Crippen LogP contribution in [0.3, 0.4) is 0 Å². The zero-order valence-electron chi connectivity index (χ0n) is 8.50. The molecule has 9 heteroatoms. The Bertz CT molecular complexity index is 539. The number of methoxy groups -OCH3 is 1. The van der Waals surface area contributed by atoms with Gasteiger partial charge in [0, 0.05) is 0 Å². The minimum atomic E-state index is -1.12. The molecule has 1 rings (SSSR count). The summed E-state index contributed by atoms with van der Waals surface area (Å²) >= 11 is 0. The summed E-state index contributed by atoms with van der Waals surface area (Å²) in [5.41, 5.74) is 5.83. The zero-order valence-corrected chi connectivity index (χ0v) is 8.50. The van der Waals surface area contributed by atoms with E-state index in [2.05, 4.69) is 13.9 Å². The fourth-order valence-corrected chi connectivity index (χ4v) is 0.950. The van der Waals surface area contributed by atoms with E-state index in [1.807, 2.05) is 0 Å². The number of ether oxygens (including phenoxy) is 1. The Kier molecular flexibility index (Phi) is 3.48. The van der Waals surface area contributed by atoms with Crippen molar-refractivity contribution in [1.29, 1.82) is 5.53 Å². The fraction of sp³-hybridized carbons (Fsp3) is 0.125. The van der Waals surface area contributed by atoms with Gasteiger partial charge < -0.3 is 9.15 Å². The van der Waals surface area contributed by atoms with Crippen molar-refractivity contribution < 1.29 is 28.5 Å². The van der Waals surface area contributed by atoms with E-state index >= 15 is 0 Å². The number of Topliss-reactive ketones (excluding diaryl/α,β-unsaturated/α-hetero) is 1. The van der Waals surface area contributed by atoms with E-state index in [1.54, 1.807) is 0 Å².